The summed E-state index contributed by atoms with van der Waals surface area (Å²) in [5.41, 5.74) is 0.158. The van der Waals surface area contributed by atoms with E-state index in [0.29, 0.717) is 6.42 Å². The molecule has 1 rings (SSSR count). The van der Waals surface area contributed by atoms with E-state index in [1.807, 2.05) is 0 Å². The van der Waals surface area contributed by atoms with E-state index in [-0.39, 0.29) is 11.4 Å². The molecule has 0 saturated heterocycles. The summed E-state index contributed by atoms with van der Waals surface area (Å²) < 4.78 is 0. The predicted octanol–water partition coefficient (Wildman–Crippen LogP) is 1.61. The number of carbonyl (C=O) groups is 1. The van der Waals surface area contributed by atoms with Gasteiger partial charge in [0.15, 0.2) is 0 Å². The number of nitrogens with one attached hydrogen (secondary N) is 2. The highest BCUT2D eigenvalue weighted by Crippen LogP contribution is 2.35. The minimum absolute atomic E-state index is 0.158. The Labute approximate surface area is 118 Å². The van der Waals surface area contributed by atoms with Crippen molar-refractivity contribution < 1.29 is 4.79 Å². The molecule has 4 heteroatoms. The molecule has 2 N–H and O–H groups in total. The third-order valence-corrected chi connectivity index (χ3v) is 4.41. The minimum atomic E-state index is 0.158. The van der Waals surface area contributed by atoms with Crippen molar-refractivity contribution in [3.63, 3.8) is 0 Å². The van der Waals surface area contributed by atoms with E-state index in [2.05, 4.69) is 43.5 Å². The first-order chi connectivity index (χ1) is 9.00. The van der Waals surface area contributed by atoms with Gasteiger partial charge in [-0.1, -0.05) is 26.7 Å². The van der Waals surface area contributed by atoms with Crippen LogP contribution in [-0.2, 0) is 4.79 Å². The van der Waals surface area contributed by atoms with Gasteiger partial charge in [-0.05, 0) is 39.4 Å². The molecule has 0 aliphatic heterocycles. The maximum Gasteiger partial charge on any atom is 0.221 e. The molecule has 0 aromatic heterocycles. The van der Waals surface area contributed by atoms with E-state index in [9.17, 15) is 4.79 Å². The van der Waals surface area contributed by atoms with Crippen molar-refractivity contribution in [1.82, 2.24) is 15.5 Å². The van der Waals surface area contributed by atoms with E-state index in [4.69, 9.17) is 0 Å². The Morgan fingerprint density at radius 1 is 1.42 bits per heavy atom. The molecule has 1 fully saturated rings. The Morgan fingerprint density at radius 3 is 2.74 bits per heavy atom. The fourth-order valence-electron chi connectivity index (χ4n) is 3.09. The Balaban J connectivity index is 2.43. The molecule has 1 saturated carbocycles. The quantitative estimate of drug-likeness (QED) is 0.690. The van der Waals surface area contributed by atoms with E-state index >= 15 is 0 Å². The number of carbonyl (C=O) groups excluding carboxylic acids is 1. The zero-order valence-electron chi connectivity index (χ0n) is 13.1. The molecule has 0 radical (unpaired) electrons. The number of hydrogen-bond donors (Lipinski definition) is 2. The van der Waals surface area contributed by atoms with Crippen LogP contribution >= 0.6 is 0 Å². The highest BCUT2D eigenvalue weighted by Gasteiger charge is 2.36. The normalized spacial score (nSPS) is 27.5. The van der Waals surface area contributed by atoms with E-state index in [0.717, 1.165) is 25.6 Å². The van der Waals surface area contributed by atoms with Crippen molar-refractivity contribution >= 4 is 5.91 Å². The maximum absolute atomic E-state index is 11.8. The van der Waals surface area contributed by atoms with Gasteiger partial charge < -0.3 is 15.5 Å². The van der Waals surface area contributed by atoms with Crippen molar-refractivity contribution in [1.29, 1.82) is 0 Å². The number of hydrogen-bond acceptors (Lipinski definition) is 3. The highest BCUT2D eigenvalue weighted by molar-refractivity contribution is 5.76. The molecule has 19 heavy (non-hydrogen) atoms. The number of rotatable bonds is 7. The van der Waals surface area contributed by atoms with Crippen LogP contribution in [0.2, 0.25) is 0 Å². The molecule has 0 aromatic rings. The van der Waals surface area contributed by atoms with Crippen molar-refractivity contribution in [2.24, 2.45) is 5.92 Å². The van der Waals surface area contributed by atoms with Crippen LogP contribution in [0, 0.1) is 5.92 Å². The fourth-order valence-corrected chi connectivity index (χ4v) is 3.09. The number of likely N-dealkylation sites (N-methyl/N-ethyl adjacent to an activating group) is 1. The second kappa shape index (κ2) is 7.85. The first kappa shape index (κ1) is 16.4. The SMILES string of the molecule is CCNCCC(=O)NCC1(N(C)C)CCCC(C)C1. The molecule has 0 aromatic carbocycles. The fraction of sp³-hybridized carbons (Fsp3) is 0.933. The summed E-state index contributed by atoms with van der Waals surface area (Å²) in [6.07, 6.45) is 5.55. The van der Waals surface area contributed by atoms with Gasteiger partial charge in [0.25, 0.3) is 0 Å². The molecule has 1 aliphatic carbocycles. The van der Waals surface area contributed by atoms with Crippen LogP contribution in [0.15, 0.2) is 0 Å². The lowest BCUT2D eigenvalue weighted by atomic mass is 9.75. The molecule has 0 spiro atoms. The lowest BCUT2D eigenvalue weighted by Gasteiger charge is -2.45. The predicted molar refractivity (Wildman–Crippen MR) is 80.2 cm³/mol. The van der Waals surface area contributed by atoms with Crippen molar-refractivity contribution in [2.75, 3.05) is 33.7 Å². The maximum atomic E-state index is 11.8. The largest absolute Gasteiger partial charge is 0.354 e. The van der Waals surface area contributed by atoms with E-state index in [1.165, 1.54) is 25.7 Å². The highest BCUT2D eigenvalue weighted by atomic mass is 16.1. The third kappa shape index (κ3) is 5.11. The molecular formula is C15H31N3O. The molecule has 0 heterocycles. The molecule has 1 aliphatic rings. The van der Waals surface area contributed by atoms with Crippen LogP contribution in [-0.4, -0.2) is 50.1 Å². The van der Waals surface area contributed by atoms with Gasteiger partial charge >= 0.3 is 0 Å². The molecule has 2 unspecified atom stereocenters. The topological polar surface area (TPSA) is 44.4 Å². The van der Waals surface area contributed by atoms with Crippen LogP contribution in [0.4, 0.5) is 0 Å². The minimum Gasteiger partial charge on any atom is -0.354 e. The molecule has 112 valence electrons. The number of nitrogens with zero attached hydrogens (tertiary/aromatic N) is 1. The molecule has 2 atom stereocenters. The monoisotopic (exact) mass is 269 g/mol. The van der Waals surface area contributed by atoms with Crippen molar-refractivity contribution in [3.8, 4) is 0 Å². The first-order valence-electron chi connectivity index (χ1n) is 7.65. The van der Waals surface area contributed by atoms with Gasteiger partial charge in [0.2, 0.25) is 5.91 Å². The van der Waals surface area contributed by atoms with Crippen LogP contribution in [0.25, 0.3) is 0 Å². The average molecular weight is 269 g/mol. The van der Waals surface area contributed by atoms with Crippen LogP contribution < -0.4 is 10.6 Å². The summed E-state index contributed by atoms with van der Waals surface area (Å²) in [7, 11) is 4.28. The summed E-state index contributed by atoms with van der Waals surface area (Å²) in [6.45, 7) is 6.86. The van der Waals surface area contributed by atoms with Crippen LogP contribution in [0.1, 0.15) is 46.0 Å². The van der Waals surface area contributed by atoms with Crippen LogP contribution in [0.5, 0.6) is 0 Å². The average Bonchev–Trinajstić information content (AvgIpc) is 2.36. The van der Waals surface area contributed by atoms with Crippen molar-refractivity contribution in [3.05, 3.63) is 0 Å². The van der Waals surface area contributed by atoms with Gasteiger partial charge in [-0.15, -0.1) is 0 Å². The summed E-state index contributed by atoms with van der Waals surface area (Å²) >= 11 is 0. The van der Waals surface area contributed by atoms with Gasteiger partial charge in [0, 0.05) is 25.0 Å². The standard InChI is InChI=1S/C15H31N3O/c1-5-16-10-8-14(19)17-12-15(18(3)4)9-6-7-13(2)11-15/h13,16H,5-12H2,1-4H3,(H,17,19). The van der Waals surface area contributed by atoms with Crippen molar-refractivity contribution in [2.45, 2.75) is 51.5 Å². The summed E-state index contributed by atoms with van der Waals surface area (Å²) in [5, 5.41) is 6.32. The van der Waals surface area contributed by atoms with Gasteiger partial charge in [-0.3, -0.25) is 4.79 Å². The molecule has 4 nitrogen and oxygen atoms in total. The first-order valence-corrected chi connectivity index (χ1v) is 7.65. The number of amides is 1. The lowest BCUT2D eigenvalue weighted by Crippen LogP contribution is -2.55. The molecule has 0 bridgehead atoms. The zero-order chi connectivity index (χ0) is 14.3. The van der Waals surface area contributed by atoms with E-state index < -0.39 is 0 Å². The van der Waals surface area contributed by atoms with Gasteiger partial charge in [0.05, 0.1) is 0 Å². The van der Waals surface area contributed by atoms with Gasteiger partial charge in [-0.25, -0.2) is 0 Å². The third-order valence-electron chi connectivity index (χ3n) is 4.41. The van der Waals surface area contributed by atoms with Crippen LogP contribution in [0.3, 0.4) is 0 Å². The Kier molecular flexibility index (Phi) is 6.80. The Morgan fingerprint density at radius 2 is 2.16 bits per heavy atom. The second-order valence-electron chi connectivity index (χ2n) is 6.20. The zero-order valence-corrected chi connectivity index (χ0v) is 13.1. The van der Waals surface area contributed by atoms with E-state index in [1.54, 1.807) is 0 Å². The lowest BCUT2D eigenvalue weighted by molar-refractivity contribution is -0.121. The summed E-state index contributed by atoms with van der Waals surface area (Å²) in [4.78, 5) is 14.1. The molecule has 1 amide bonds. The van der Waals surface area contributed by atoms with Gasteiger partial charge in [-0.2, -0.15) is 0 Å². The van der Waals surface area contributed by atoms with Gasteiger partial charge in [0.1, 0.15) is 0 Å². The summed E-state index contributed by atoms with van der Waals surface area (Å²) in [6, 6.07) is 0. The Bertz CT molecular complexity index is 281. The smallest absolute Gasteiger partial charge is 0.221 e. The molecular weight excluding hydrogens is 238 g/mol. The Hall–Kier alpha value is -0.610. The second-order valence-corrected chi connectivity index (χ2v) is 6.20. The summed E-state index contributed by atoms with van der Waals surface area (Å²) in [5.74, 6) is 0.926.